The quantitative estimate of drug-likeness (QED) is 0.772. The monoisotopic (exact) mass is 277 g/mol. The number of fused-ring (bicyclic) bond motifs is 1. The first kappa shape index (κ1) is 13.7. The second-order valence-corrected chi connectivity index (χ2v) is 5.73. The highest BCUT2D eigenvalue weighted by atomic mass is 16.6. The molecule has 1 fully saturated rings. The number of hydrazine groups is 1. The molecule has 5 nitrogen and oxygen atoms in total. The third kappa shape index (κ3) is 2.90. The van der Waals surface area contributed by atoms with Gasteiger partial charge in [0.15, 0.2) is 11.5 Å². The van der Waals surface area contributed by atoms with E-state index in [0.717, 1.165) is 24.6 Å². The van der Waals surface area contributed by atoms with Gasteiger partial charge in [-0.25, -0.2) is 5.43 Å². The van der Waals surface area contributed by atoms with Gasteiger partial charge >= 0.3 is 0 Å². The van der Waals surface area contributed by atoms with E-state index in [4.69, 9.17) is 9.47 Å². The van der Waals surface area contributed by atoms with Crippen molar-refractivity contribution in [1.29, 1.82) is 0 Å². The third-order valence-corrected chi connectivity index (χ3v) is 3.81. The van der Waals surface area contributed by atoms with Crippen molar-refractivity contribution >= 4 is 0 Å². The third-order valence-electron chi connectivity index (χ3n) is 3.81. The maximum atomic E-state index is 5.67. The average Bonchev–Trinajstić information content (AvgIpc) is 2.93. The molecule has 0 bridgehead atoms. The van der Waals surface area contributed by atoms with Crippen LogP contribution in [0.5, 0.6) is 11.5 Å². The Morgan fingerprint density at radius 2 is 2.05 bits per heavy atom. The van der Waals surface area contributed by atoms with Crippen molar-refractivity contribution in [3.05, 3.63) is 23.8 Å². The number of rotatable bonds is 4. The maximum Gasteiger partial charge on any atom is 0.161 e. The fourth-order valence-electron chi connectivity index (χ4n) is 2.72. The summed E-state index contributed by atoms with van der Waals surface area (Å²) in [5.41, 5.74) is 7.87. The van der Waals surface area contributed by atoms with Gasteiger partial charge in [-0.05, 0) is 17.7 Å². The summed E-state index contributed by atoms with van der Waals surface area (Å²) in [6.07, 6.45) is 0. The smallest absolute Gasteiger partial charge is 0.161 e. The topological polar surface area (TPSA) is 54.5 Å². The molecule has 2 aliphatic heterocycles. The maximum absolute atomic E-state index is 5.67. The summed E-state index contributed by atoms with van der Waals surface area (Å²) in [6.45, 7) is 7.58. The van der Waals surface area contributed by atoms with Gasteiger partial charge in [0, 0.05) is 25.0 Å². The number of nitrogens with one attached hydrogen (secondary N) is 3. The van der Waals surface area contributed by atoms with Gasteiger partial charge in [0.25, 0.3) is 0 Å². The largest absolute Gasteiger partial charge is 0.486 e. The van der Waals surface area contributed by atoms with Gasteiger partial charge in [-0.2, -0.15) is 0 Å². The molecule has 3 N–H and O–H groups in total. The summed E-state index contributed by atoms with van der Waals surface area (Å²) in [7, 11) is 0. The summed E-state index contributed by atoms with van der Waals surface area (Å²) >= 11 is 0. The summed E-state index contributed by atoms with van der Waals surface area (Å²) in [5, 5.41) is 3.51. The van der Waals surface area contributed by atoms with E-state index in [0.29, 0.717) is 31.2 Å². The fraction of sp³-hybridized carbons (Fsp3) is 0.600. The lowest BCUT2D eigenvalue weighted by Gasteiger charge is -2.23. The van der Waals surface area contributed by atoms with E-state index in [9.17, 15) is 0 Å². The van der Waals surface area contributed by atoms with Crippen LogP contribution in [0.25, 0.3) is 0 Å². The molecule has 0 radical (unpaired) electrons. The first-order valence-corrected chi connectivity index (χ1v) is 7.35. The van der Waals surface area contributed by atoms with E-state index in [1.54, 1.807) is 0 Å². The van der Waals surface area contributed by atoms with E-state index < -0.39 is 0 Å². The molecule has 0 amide bonds. The van der Waals surface area contributed by atoms with Gasteiger partial charge in [-0.1, -0.05) is 19.9 Å². The van der Waals surface area contributed by atoms with E-state index in [1.807, 2.05) is 6.07 Å². The van der Waals surface area contributed by atoms with Crippen LogP contribution in [0.15, 0.2) is 18.2 Å². The molecule has 110 valence electrons. The van der Waals surface area contributed by atoms with Crippen LogP contribution in [0.4, 0.5) is 0 Å². The zero-order valence-corrected chi connectivity index (χ0v) is 12.1. The first-order chi connectivity index (χ1) is 9.74. The Balaban J connectivity index is 1.74. The van der Waals surface area contributed by atoms with Crippen LogP contribution in [-0.4, -0.2) is 32.3 Å². The first-order valence-electron chi connectivity index (χ1n) is 7.35. The highest BCUT2D eigenvalue weighted by molar-refractivity contribution is 5.45. The van der Waals surface area contributed by atoms with Crippen molar-refractivity contribution in [2.45, 2.75) is 25.9 Å². The summed E-state index contributed by atoms with van der Waals surface area (Å²) in [6, 6.07) is 7.05. The number of hydrogen-bond acceptors (Lipinski definition) is 5. The van der Waals surface area contributed by atoms with E-state index in [1.165, 1.54) is 5.56 Å². The Labute approximate surface area is 120 Å². The van der Waals surface area contributed by atoms with Crippen LogP contribution in [-0.2, 0) is 0 Å². The number of benzene rings is 1. The van der Waals surface area contributed by atoms with Gasteiger partial charge < -0.3 is 14.8 Å². The molecule has 20 heavy (non-hydrogen) atoms. The Bertz CT molecular complexity index is 464. The Hall–Kier alpha value is -1.30. The Morgan fingerprint density at radius 3 is 2.85 bits per heavy atom. The zero-order valence-electron chi connectivity index (χ0n) is 12.1. The minimum atomic E-state index is 0.303. The lowest BCUT2D eigenvalue weighted by Crippen LogP contribution is -2.32. The second-order valence-electron chi connectivity index (χ2n) is 5.73. The van der Waals surface area contributed by atoms with Crippen molar-refractivity contribution < 1.29 is 9.47 Å². The van der Waals surface area contributed by atoms with Gasteiger partial charge in [-0.3, -0.25) is 5.43 Å². The van der Waals surface area contributed by atoms with Crippen molar-refractivity contribution in [3.63, 3.8) is 0 Å². The molecular formula is C15H23N3O2. The summed E-state index contributed by atoms with van der Waals surface area (Å²) < 4.78 is 11.2. The van der Waals surface area contributed by atoms with Crippen molar-refractivity contribution in [2.75, 3.05) is 26.3 Å². The lowest BCUT2D eigenvalue weighted by molar-refractivity contribution is 0.171. The molecule has 2 heterocycles. The van der Waals surface area contributed by atoms with Crippen LogP contribution in [0.2, 0.25) is 0 Å². The van der Waals surface area contributed by atoms with Crippen molar-refractivity contribution in [1.82, 2.24) is 16.2 Å². The van der Waals surface area contributed by atoms with E-state index in [2.05, 4.69) is 42.1 Å². The highest BCUT2D eigenvalue weighted by Gasteiger charge is 2.29. The molecule has 2 unspecified atom stereocenters. The molecule has 2 aliphatic rings. The molecule has 0 spiro atoms. The van der Waals surface area contributed by atoms with Crippen LogP contribution in [0.3, 0.4) is 0 Å². The van der Waals surface area contributed by atoms with Crippen LogP contribution >= 0.6 is 0 Å². The SMILES string of the molecule is CC(C)NCC1CNNC1c1ccc2c(c1)OCCO2. The van der Waals surface area contributed by atoms with Crippen LogP contribution in [0, 0.1) is 5.92 Å². The normalized spacial score (nSPS) is 25.1. The molecule has 2 atom stereocenters. The zero-order chi connectivity index (χ0) is 13.9. The summed E-state index contributed by atoms with van der Waals surface area (Å²) in [5.74, 6) is 2.24. The highest BCUT2D eigenvalue weighted by Crippen LogP contribution is 2.35. The molecular weight excluding hydrogens is 254 g/mol. The average molecular weight is 277 g/mol. The molecule has 3 rings (SSSR count). The van der Waals surface area contributed by atoms with E-state index >= 15 is 0 Å². The Kier molecular flexibility index (Phi) is 4.10. The molecule has 1 saturated heterocycles. The van der Waals surface area contributed by atoms with Crippen molar-refractivity contribution in [2.24, 2.45) is 5.92 Å². The van der Waals surface area contributed by atoms with Gasteiger partial charge in [0.1, 0.15) is 13.2 Å². The number of ether oxygens (including phenoxy) is 2. The van der Waals surface area contributed by atoms with Gasteiger partial charge in [0.2, 0.25) is 0 Å². The molecule has 1 aromatic rings. The molecule has 1 aromatic carbocycles. The molecule has 5 heteroatoms. The second kappa shape index (κ2) is 5.99. The molecule has 0 saturated carbocycles. The van der Waals surface area contributed by atoms with E-state index in [-0.39, 0.29) is 0 Å². The standard InChI is InChI=1S/C15H23N3O2/c1-10(2)16-8-12-9-17-18-15(12)11-3-4-13-14(7-11)20-6-5-19-13/h3-4,7,10,12,15-18H,5-6,8-9H2,1-2H3. The van der Waals surface area contributed by atoms with Crippen LogP contribution in [0.1, 0.15) is 25.5 Å². The van der Waals surface area contributed by atoms with Gasteiger partial charge in [-0.15, -0.1) is 0 Å². The van der Waals surface area contributed by atoms with Gasteiger partial charge in [0.05, 0.1) is 6.04 Å². The Morgan fingerprint density at radius 1 is 1.25 bits per heavy atom. The molecule has 0 aromatic heterocycles. The minimum absolute atomic E-state index is 0.303. The predicted molar refractivity (Wildman–Crippen MR) is 77.9 cm³/mol. The van der Waals surface area contributed by atoms with Crippen molar-refractivity contribution in [3.8, 4) is 11.5 Å². The predicted octanol–water partition coefficient (Wildman–Crippen LogP) is 1.22. The lowest BCUT2D eigenvalue weighted by atomic mass is 9.94. The number of hydrogen-bond donors (Lipinski definition) is 3. The fourth-order valence-corrected chi connectivity index (χ4v) is 2.72. The minimum Gasteiger partial charge on any atom is -0.486 e. The molecule has 0 aliphatic carbocycles. The van der Waals surface area contributed by atoms with Crippen LogP contribution < -0.4 is 25.6 Å². The summed E-state index contributed by atoms with van der Waals surface area (Å²) in [4.78, 5) is 0.